The van der Waals surface area contributed by atoms with Crippen LogP contribution in [0.2, 0.25) is 0 Å². The van der Waals surface area contributed by atoms with Gasteiger partial charge in [0.25, 0.3) is 11.2 Å². The number of rotatable bonds is 2. The summed E-state index contributed by atoms with van der Waals surface area (Å²) in [7, 11) is 0. The molecule has 0 saturated heterocycles. The summed E-state index contributed by atoms with van der Waals surface area (Å²) in [4.78, 5) is 41.5. The minimum atomic E-state index is -0.860. The van der Waals surface area contributed by atoms with E-state index in [1.807, 2.05) is 16.1 Å². The van der Waals surface area contributed by atoms with Gasteiger partial charge in [-0.15, -0.1) is 0 Å². The lowest BCUT2D eigenvalue weighted by Crippen LogP contribution is -2.31. The molecule has 9 nitrogen and oxygen atoms in total. The molecule has 1 N–H and O–H groups in total. The van der Waals surface area contributed by atoms with E-state index in [-0.39, 0.29) is 16.8 Å². The maximum Gasteiger partial charge on any atom is 0.342 e. The Labute approximate surface area is 184 Å². The molecule has 1 unspecified atom stereocenters. The van der Waals surface area contributed by atoms with Gasteiger partial charge in [-0.25, -0.2) is 4.79 Å². The van der Waals surface area contributed by atoms with Crippen molar-refractivity contribution >= 4 is 40.1 Å². The van der Waals surface area contributed by atoms with Crippen LogP contribution in [0.5, 0.6) is 0 Å². The second-order valence-corrected chi connectivity index (χ2v) is 8.59. The number of nitrogens with zero attached hydrogens (tertiary/aromatic N) is 3. The molecule has 0 radical (unpaired) electrons. The number of anilines is 2. The molecule has 2 aromatic carbocycles. The molecule has 2 aromatic heterocycles. The molecule has 158 valence electrons. The molecule has 1 atom stereocenters. The van der Waals surface area contributed by atoms with Crippen LogP contribution in [0, 0.1) is 10.1 Å². The number of benzene rings is 2. The molecule has 32 heavy (non-hydrogen) atoms. The smallest absolute Gasteiger partial charge is 0.342 e. The van der Waals surface area contributed by atoms with Crippen LogP contribution >= 0.6 is 11.9 Å². The van der Waals surface area contributed by atoms with E-state index in [0.717, 1.165) is 5.75 Å². The van der Waals surface area contributed by atoms with Crippen LogP contribution in [0.25, 0.3) is 11.0 Å². The third kappa shape index (κ3) is 2.62. The molecule has 0 saturated carbocycles. The molecule has 0 aliphatic carbocycles. The van der Waals surface area contributed by atoms with E-state index in [2.05, 4.69) is 10.3 Å². The van der Waals surface area contributed by atoms with Crippen LogP contribution in [-0.2, 0) is 6.42 Å². The molecule has 0 amide bonds. The summed E-state index contributed by atoms with van der Waals surface area (Å²) in [6.07, 6.45) is 0.654. The highest BCUT2D eigenvalue weighted by atomic mass is 32.2. The first kappa shape index (κ1) is 18.8. The lowest BCUT2D eigenvalue weighted by atomic mass is 9.82. The molecule has 0 spiro atoms. The number of hydrogen-bond acceptors (Lipinski definition) is 8. The fourth-order valence-electron chi connectivity index (χ4n) is 4.44. The number of nitrogens with one attached hydrogen (secondary N) is 1. The number of para-hydroxylation sites is 1. The van der Waals surface area contributed by atoms with E-state index in [1.165, 1.54) is 24.1 Å². The van der Waals surface area contributed by atoms with E-state index in [1.54, 1.807) is 24.3 Å². The van der Waals surface area contributed by atoms with Crippen LogP contribution in [-0.4, -0.2) is 19.6 Å². The number of non-ortho nitro benzene ring substituents is 1. The predicted octanol–water partition coefficient (Wildman–Crippen LogP) is 3.55. The maximum atomic E-state index is 13.2. The fourth-order valence-corrected chi connectivity index (χ4v) is 5.45. The van der Waals surface area contributed by atoms with Gasteiger partial charge in [0.05, 0.1) is 27.7 Å². The van der Waals surface area contributed by atoms with Gasteiger partial charge in [0.1, 0.15) is 17.2 Å². The topological polar surface area (TPSA) is 120 Å². The minimum absolute atomic E-state index is 0.127. The zero-order chi connectivity index (χ0) is 22.0. The zero-order valence-corrected chi connectivity index (χ0v) is 17.2. The first-order valence-corrected chi connectivity index (χ1v) is 10.8. The van der Waals surface area contributed by atoms with E-state index in [0.29, 0.717) is 40.3 Å². The Bertz CT molecular complexity index is 1580. The van der Waals surface area contributed by atoms with Crippen molar-refractivity contribution in [1.29, 1.82) is 0 Å². The van der Waals surface area contributed by atoms with Crippen molar-refractivity contribution in [3.63, 3.8) is 0 Å². The van der Waals surface area contributed by atoms with Gasteiger partial charge in [0.15, 0.2) is 0 Å². The van der Waals surface area contributed by atoms with Crippen LogP contribution in [0.4, 0.5) is 17.2 Å². The molecule has 6 rings (SSSR count). The largest absolute Gasteiger partial charge is 0.422 e. The fraction of sp³-hybridized carbons (Fsp3) is 0.136. The Balaban J connectivity index is 1.74. The van der Waals surface area contributed by atoms with E-state index < -0.39 is 22.0 Å². The van der Waals surface area contributed by atoms with Gasteiger partial charge in [-0.1, -0.05) is 24.3 Å². The number of nitro groups is 1. The van der Waals surface area contributed by atoms with Gasteiger partial charge in [-0.2, -0.15) is 4.98 Å². The molecule has 4 heterocycles. The van der Waals surface area contributed by atoms with Crippen molar-refractivity contribution in [3.05, 3.63) is 102 Å². The van der Waals surface area contributed by atoms with Crippen LogP contribution < -0.4 is 16.5 Å². The van der Waals surface area contributed by atoms with E-state index in [9.17, 15) is 19.7 Å². The van der Waals surface area contributed by atoms with Gasteiger partial charge in [-0.3, -0.25) is 18.9 Å². The maximum absolute atomic E-state index is 13.2. The average Bonchev–Trinajstić information content (AvgIpc) is 3.26. The highest BCUT2D eigenvalue weighted by Crippen LogP contribution is 2.46. The molecular formula is C22H14N4O5S. The minimum Gasteiger partial charge on any atom is -0.422 e. The lowest BCUT2D eigenvalue weighted by Gasteiger charge is -2.29. The van der Waals surface area contributed by atoms with Crippen molar-refractivity contribution in [1.82, 2.24) is 8.96 Å². The molecule has 0 bridgehead atoms. The SMILES string of the molecule is O=c1nc2n(c3c1C(c1cccc([N+](=O)[O-])c1)c1c(c4ccccc4oc1=O)N3)SCC2. The number of hydrogen-bond donors (Lipinski definition) is 1. The van der Waals surface area contributed by atoms with Crippen molar-refractivity contribution < 1.29 is 9.34 Å². The van der Waals surface area contributed by atoms with Crippen molar-refractivity contribution in [2.45, 2.75) is 12.3 Å². The Kier molecular flexibility index (Phi) is 3.99. The highest BCUT2D eigenvalue weighted by Gasteiger charge is 2.38. The Morgan fingerprint density at radius 1 is 1.16 bits per heavy atom. The highest BCUT2D eigenvalue weighted by molar-refractivity contribution is 7.98. The molecule has 2 aliphatic heterocycles. The summed E-state index contributed by atoms with van der Waals surface area (Å²) in [6, 6.07) is 13.1. The van der Waals surface area contributed by atoms with Crippen molar-refractivity contribution in [3.8, 4) is 0 Å². The van der Waals surface area contributed by atoms with Gasteiger partial charge >= 0.3 is 5.63 Å². The average molecular weight is 446 g/mol. The van der Waals surface area contributed by atoms with Gasteiger partial charge < -0.3 is 9.73 Å². The summed E-state index contributed by atoms with van der Waals surface area (Å²) >= 11 is 1.52. The first-order valence-electron chi connectivity index (χ1n) is 9.89. The van der Waals surface area contributed by atoms with Gasteiger partial charge in [0, 0.05) is 29.7 Å². The standard InChI is InChI=1S/C22H14N4O5S/c27-21-18-16(11-4-3-5-12(10-11)26(29)30)17-19(13-6-1-2-7-14(13)31-22(17)28)24-20(18)25-15(23-21)8-9-32-25/h1-7,10,16,24H,8-9H2. The van der Waals surface area contributed by atoms with Gasteiger partial charge in [0.2, 0.25) is 0 Å². The normalized spacial score (nSPS) is 16.2. The third-order valence-electron chi connectivity index (χ3n) is 5.78. The van der Waals surface area contributed by atoms with E-state index in [4.69, 9.17) is 4.42 Å². The second-order valence-electron chi connectivity index (χ2n) is 7.56. The number of fused-ring (bicyclic) bond motifs is 6. The first-order chi connectivity index (χ1) is 15.5. The summed E-state index contributed by atoms with van der Waals surface area (Å²) < 4.78 is 7.46. The zero-order valence-electron chi connectivity index (χ0n) is 16.4. The third-order valence-corrected chi connectivity index (χ3v) is 6.82. The van der Waals surface area contributed by atoms with Gasteiger partial charge in [-0.05, 0) is 29.6 Å². The summed E-state index contributed by atoms with van der Waals surface area (Å²) in [5, 5.41) is 15.4. The summed E-state index contributed by atoms with van der Waals surface area (Å²) in [6.45, 7) is 0. The number of aromatic nitrogens is 2. The number of nitro benzene ring substituents is 1. The summed E-state index contributed by atoms with van der Waals surface area (Å²) in [5.41, 5.74) is 0.718. The number of aryl methyl sites for hydroxylation is 1. The molecule has 10 heteroatoms. The van der Waals surface area contributed by atoms with E-state index >= 15 is 0 Å². The molecule has 0 fully saturated rings. The molecular weight excluding hydrogens is 432 g/mol. The quantitative estimate of drug-likeness (QED) is 0.248. The van der Waals surface area contributed by atoms with Crippen molar-refractivity contribution in [2.75, 3.05) is 11.1 Å². The van der Waals surface area contributed by atoms with Crippen LogP contribution in [0.15, 0.2) is 62.5 Å². The molecule has 4 aromatic rings. The Morgan fingerprint density at radius 2 is 2.00 bits per heavy atom. The Morgan fingerprint density at radius 3 is 2.84 bits per heavy atom. The predicted molar refractivity (Wildman–Crippen MR) is 120 cm³/mol. The second kappa shape index (κ2) is 6.79. The Hall–Kier alpha value is -3.92. The summed E-state index contributed by atoms with van der Waals surface area (Å²) in [5.74, 6) is 1.11. The lowest BCUT2D eigenvalue weighted by molar-refractivity contribution is -0.384. The molecule has 2 aliphatic rings. The van der Waals surface area contributed by atoms with Crippen LogP contribution in [0.1, 0.15) is 28.4 Å². The monoisotopic (exact) mass is 446 g/mol. The van der Waals surface area contributed by atoms with Crippen molar-refractivity contribution in [2.24, 2.45) is 0 Å². The van der Waals surface area contributed by atoms with Crippen LogP contribution in [0.3, 0.4) is 0 Å².